The summed E-state index contributed by atoms with van der Waals surface area (Å²) in [5, 5.41) is 2.69. The predicted octanol–water partition coefficient (Wildman–Crippen LogP) is 4.58. The molecular formula is C16H25NS. The Hall–Kier alpha value is -0.200. The molecule has 3 rings (SSSR count). The normalized spacial score (nSPS) is 52.8. The van der Waals surface area contributed by atoms with Crippen molar-refractivity contribution in [3.8, 4) is 0 Å². The van der Waals surface area contributed by atoms with E-state index in [9.17, 15) is 0 Å². The topological polar surface area (TPSA) is 12.4 Å². The van der Waals surface area contributed by atoms with E-state index in [-0.39, 0.29) is 5.54 Å². The molecule has 2 heteroatoms. The molecule has 0 aromatic rings. The van der Waals surface area contributed by atoms with Gasteiger partial charge in [-0.1, -0.05) is 27.2 Å². The lowest BCUT2D eigenvalue weighted by molar-refractivity contribution is 0.176. The molecule has 0 bridgehead atoms. The zero-order chi connectivity index (χ0) is 13.1. The lowest BCUT2D eigenvalue weighted by Gasteiger charge is -2.35. The van der Waals surface area contributed by atoms with Crippen molar-refractivity contribution in [2.24, 2.45) is 40.0 Å². The van der Waals surface area contributed by atoms with Crippen molar-refractivity contribution in [3.05, 3.63) is 0 Å². The minimum Gasteiger partial charge on any atom is -0.226 e. The van der Waals surface area contributed by atoms with Crippen molar-refractivity contribution in [1.82, 2.24) is 0 Å². The fourth-order valence-corrected chi connectivity index (χ4v) is 5.74. The molecule has 0 saturated heterocycles. The van der Waals surface area contributed by atoms with Crippen LogP contribution in [-0.2, 0) is 0 Å². The van der Waals surface area contributed by atoms with E-state index in [1.54, 1.807) is 0 Å². The van der Waals surface area contributed by atoms with Crippen molar-refractivity contribution in [2.45, 2.75) is 58.9 Å². The Kier molecular flexibility index (Phi) is 2.78. The van der Waals surface area contributed by atoms with E-state index in [4.69, 9.17) is 12.2 Å². The second-order valence-electron chi connectivity index (χ2n) is 7.79. The number of aliphatic imine (C=N–C) groups is 1. The van der Waals surface area contributed by atoms with Crippen LogP contribution in [0.3, 0.4) is 0 Å². The highest BCUT2D eigenvalue weighted by Crippen LogP contribution is 2.71. The molecule has 0 spiro atoms. The molecule has 3 fully saturated rings. The van der Waals surface area contributed by atoms with Gasteiger partial charge in [-0.25, -0.2) is 4.99 Å². The van der Waals surface area contributed by atoms with Crippen LogP contribution >= 0.6 is 12.2 Å². The van der Waals surface area contributed by atoms with E-state index in [0.29, 0.717) is 5.41 Å². The summed E-state index contributed by atoms with van der Waals surface area (Å²) < 4.78 is 0. The van der Waals surface area contributed by atoms with Gasteiger partial charge in [-0.15, -0.1) is 0 Å². The van der Waals surface area contributed by atoms with E-state index >= 15 is 0 Å². The number of thiocarbonyl (C=S) groups is 1. The molecule has 0 amide bonds. The van der Waals surface area contributed by atoms with Crippen LogP contribution in [0.4, 0.5) is 0 Å². The number of isothiocyanates is 1. The van der Waals surface area contributed by atoms with Crippen LogP contribution in [0, 0.1) is 35.0 Å². The van der Waals surface area contributed by atoms with Crippen LogP contribution in [0.5, 0.6) is 0 Å². The molecule has 0 aromatic carbocycles. The SMILES string of the molecule is C[C@@H]1CC[C@H]2[C@H]1[C@@H]1[C@@H](CC[C@@]2(C)N=C=S)C1(C)C. The Labute approximate surface area is 116 Å². The third-order valence-electron chi connectivity index (χ3n) is 6.67. The lowest BCUT2D eigenvalue weighted by Crippen LogP contribution is -2.36. The molecular weight excluding hydrogens is 238 g/mol. The summed E-state index contributed by atoms with van der Waals surface area (Å²) in [7, 11) is 0. The average molecular weight is 263 g/mol. The molecule has 0 aromatic heterocycles. The van der Waals surface area contributed by atoms with Crippen LogP contribution < -0.4 is 0 Å². The predicted molar refractivity (Wildman–Crippen MR) is 78.8 cm³/mol. The summed E-state index contributed by atoms with van der Waals surface area (Å²) >= 11 is 4.91. The molecule has 3 aliphatic carbocycles. The van der Waals surface area contributed by atoms with E-state index in [2.05, 4.69) is 37.8 Å². The lowest BCUT2D eigenvalue weighted by atomic mass is 9.73. The zero-order valence-corrected chi connectivity index (χ0v) is 12.9. The summed E-state index contributed by atoms with van der Waals surface area (Å²) in [5.74, 6) is 4.39. The molecule has 0 aliphatic heterocycles. The van der Waals surface area contributed by atoms with Crippen LogP contribution in [0.2, 0.25) is 0 Å². The van der Waals surface area contributed by atoms with Gasteiger partial charge in [-0.3, -0.25) is 0 Å². The largest absolute Gasteiger partial charge is 0.226 e. The summed E-state index contributed by atoms with van der Waals surface area (Å²) in [6.45, 7) is 9.76. The summed E-state index contributed by atoms with van der Waals surface area (Å²) in [6, 6.07) is 0. The van der Waals surface area contributed by atoms with Gasteiger partial charge in [-0.2, -0.15) is 0 Å². The number of hydrogen-bond acceptors (Lipinski definition) is 2. The van der Waals surface area contributed by atoms with E-state index in [0.717, 1.165) is 29.6 Å². The van der Waals surface area contributed by atoms with Crippen LogP contribution in [0.1, 0.15) is 53.4 Å². The third kappa shape index (κ3) is 1.58. The Bertz CT molecular complexity index is 409. The summed E-state index contributed by atoms with van der Waals surface area (Å²) in [4.78, 5) is 4.62. The fraction of sp³-hybridized carbons (Fsp3) is 0.938. The van der Waals surface area contributed by atoms with E-state index in [1.807, 2.05) is 0 Å². The second-order valence-corrected chi connectivity index (χ2v) is 7.97. The Morgan fingerprint density at radius 3 is 2.50 bits per heavy atom. The van der Waals surface area contributed by atoms with Crippen molar-refractivity contribution in [1.29, 1.82) is 0 Å². The molecule has 1 nitrogen and oxygen atoms in total. The molecule has 0 unspecified atom stereocenters. The van der Waals surface area contributed by atoms with Gasteiger partial charge in [0, 0.05) is 0 Å². The number of rotatable bonds is 1. The monoisotopic (exact) mass is 263 g/mol. The van der Waals surface area contributed by atoms with Gasteiger partial charge in [0.2, 0.25) is 0 Å². The maximum absolute atomic E-state index is 4.91. The average Bonchev–Trinajstić information content (AvgIpc) is 2.65. The zero-order valence-electron chi connectivity index (χ0n) is 12.1. The second kappa shape index (κ2) is 3.90. The maximum atomic E-state index is 4.91. The van der Waals surface area contributed by atoms with Crippen molar-refractivity contribution >= 4 is 17.4 Å². The minimum absolute atomic E-state index is 0.0840. The smallest absolute Gasteiger partial charge is 0.0713 e. The first-order chi connectivity index (χ1) is 8.42. The first-order valence-corrected chi connectivity index (χ1v) is 7.91. The highest BCUT2D eigenvalue weighted by molar-refractivity contribution is 7.78. The van der Waals surface area contributed by atoms with Gasteiger partial charge in [0.15, 0.2) is 0 Å². The maximum Gasteiger partial charge on any atom is 0.0713 e. The Morgan fingerprint density at radius 1 is 1.11 bits per heavy atom. The van der Waals surface area contributed by atoms with Gasteiger partial charge in [0.05, 0.1) is 10.7 Å². The molecule has 100 valence electrons. The minimum atomic E-state index is 0.0840. The molecule has 6 atom stereocenters. The van der Waals surface area contributed by atoms with Crippen LogP contribution in [0.15, 0.2) is 4.99 Å². The number of nitrogens with zero attached hydrogens (tertiary/aromatic N) is 1. The van der Waals surface area contributed by atoms with Crippen molar-refractivity contribution in [3.63, 3.8) is 0 Å². The first kappa shape index (κ1) is 12.8. The molecule has 3 saturated carbocycles. The number of fused-ring (bicyclic) bond motifs is 3. The standard InChI is InChI=1S/C16H25NS/c1-10-5-6-11-13(10)14-12(15(14,2)3)7-8-16(11,4)17-9-18/h10-14H,5-8H2,1-4H3/t10-,11+,12-,13+,14+,16-/m1/s1. The number of hydrogen-bond donors (Lipinski definition) is 0. The quantitative estimate of drug-likeness (QED) is 0.498. The third-order valence-corrected chi connectivity index (χ3v) is 6.76. The van der Waals surface area contributed by atoms with Gasteiger partial charge in [0.25, 0.3) is 0 Å². The summed E-state index contributed by atoms with van der Waals surface area (Å²) in [5.41, 5.74) is 0.672. The first-order valence-electron chi connectivity index (χ1n) is 7.51. The van der Waals surface area contributed by atoms with E-state index in [1.165, 1.54) is 25.7 Å². The van der Waals surface area contributed by atoms with Gasteiger partial charge in [0.1, 0.15) is 0 Å². The molecule has 0 radical (unpaired) electrons. The molecule has 18 heavy (non-hydrogen) atoms. The van der Waals surface area contributed by atoms with E-state index < -0.39 is 0 Å². The highest BCUT2D eigenvalue weighted by Gasteiger charge is 2.66. The molecule has 0 N–H and O–H groups in total. The Morgan fingerprint density at radius 2 is 1.83 bits per heavy atom. The van der Waals surface area contributed by atoms with Crippen molar-refractivity contribution in [2.75, 3.05) is 0 Å². The Balaban J connectivity index is 1.97. The van der Waals surface area contributed by atoms with Crippen molar-refractivity contribution < 1.29 is 0 Å². The molecule has 0 heterocycles. The highest BCUT2D eigenvalue weighted by atomic mass is 32.1. The van der Waals surface area contributed by atoms with Crippen LogP contribution in [0.25, 0.3) is 0 Å². The van der Waals surface area contributed by atoms with Gasteiger partial charge in [-0.05, 0) is 73.4 Å². The van der Waals surface area contributed by atoms with Gasteiger partial charge < -0.3 is 0 Å². The summed E-state index contributed by atoms with van der Waals surface area (Å²) in [6.07, 6.45) is 5.29. The fourth-order valence-electron chi connectivity index (χ4n) is 5.53. The van der Waals surface area contributed by atoms with Crippen LogP contribution in [-0.4, -0.2) is 10.7 Å². The molecule has 3 aliphatic rings. The van der Waals surface area contributed by atoms with Gasteiger partial charge >= 0.3 is 0 Å².